The molecule has 0 aromatic heterocycles. The number of carbonyl (C=O) groups excluding carboxylic acids is 1. The van der Waals surface area contributed by atoms with E-state index in [0.29, 0.717) is 5.56 Å². The molecule has 1 rings (SSSR count). The van der Waals surface area contributed by atoms with Gasteiger partial charge in [0.2, 0.25) is 0 Å². The maximum Gasteiger partial charge on any atom is 0.404 e. The van der Waals surface area contributed by atoms with Crippen molar-refractivity contribution in [1.29, 1.82) is 0 Å². The van der Waals surface area contributed by atoms with Crippen molar-refractivity contribution in [2.24, 2.45) is 5.73 Å². The van der Waals surface area contributed by atoms with Crippen molar-refractivity contribution in [3.63, 3.8) is 0 Å². The van der Waals surface area contributed by atoms with Crippen LogP contribution in [0.5, 0.6) is 0 Å². The molecule has 100 valence electrons. The minimum atomic E-state index is -0.882. The van der Waals surface area contributed by atoms with Crippen molar-refractivity contribution >= 4 is 6.09 Å². The molecule has 0 radical (unpaired) electrons. The van der Waals surface area contributed by atoms with Crippen molar-refractivity contribution in [1.82, 2.24) is 0 Å². The van der Waals surface area contributed by atoms with Crippen LogP contribution in [0.4, 0.5) is 4.79 Å². The number of rotatable bonds is 3. The van der Waals surface area contributed by atoms with Crippen LogP contribution < -0.4 is 5.73 Å². The Labute approximate surface area is 108 Å². The van der Waals surface area contributed by atoms with Crippen molar-refractivity contribution in [2.45, 2.75) is 45.3 Å². The Balaban J connectivity index is 2.82. The fraction of sp³-hybridized carbons (Fsp3) is 0.500. The van der Waals surface area contributed by atoms with Gasteiger partial charge in [0.15, 0.2) is 0 Å². The highest BCUT2D eigenvalue weighted by molar-refractivity contribution is 5.64. The van der Waals surface area contributed by atoms with Crippen LogP contribution in [0.3, 0.4) is 0 Å². The summed E-state index contributed by atoms with van der Waals surface area (Å²) < 4.78 is 4.75. The first-order valence-electron chi connectivity index (χ1n) is 5.96. The van der Waals surface area contributed by atoms with Crippen LogP contribution in [0.15, 0.2) is 24.3 Å². The first kappa shape index (κ1) is 14.5. The summed E-state index contributed by atoms with van der Waals surface area (Å²) in [5.74, 6) is 0. The van der Waals surface area contributed by atoms with E-state index in [0.717, 1.165) is 0 Å². The molecular formula is C14H21NO3. The molecule has 2 atom stereocenters. The average molecular weight is 251 g/mol. The molecule has 0 saturated heterocycles. The molecule has 0 bridgehead atoms. The SMILES string of the molecule is C[C@H](OC(N)=O)[C@@H](O)c1ccc(C(C)(C)C)cc1. The number of amides is 1. The molecule has 0 heterocycles. The predicted octanol–water partition coefficient (Wildman–Crippen LogP) is 2.50. The van der Waals surface area contributed by atoms with Gasteiger partial charge in [-0.15, -0.1) is 0 Å². The highest BCUT2D eigenvalue weighted by Gasteiger charge is 2.20. The normalized spacial score (nSPS) is 14.9. The molecule has 0 unspecified atom stereocenters. The second-order valence-electron chi connectivity index (χ2n) is 5.46. The van der Waals surface area contributed by atoms with Gasteiger partial charge in [-0.3, -0.25) is 0 Å². The minimum absolute atomic E-state index is 0.0683. The van der Waals surface area contributed by atoms with E-state index >= 15 is 0 Å². The van der Waals surface area contributed by atoms with Gasteiger partial charge in [-0.05, 0) is 23.5 Å². The number of primary amides is 1. The first-order valence-corrected chi connectivity index (χ1v) is 5.96. The van der Waals surface area contributed by atoms with Gasteiger partial charge in [0.05, 0.1) is 0 Å². The summed E-state index contributed by atoms with van der Waals surface area (Å²) in [5, 5.41) is 10.00. The van der Waals surface area contributed by atoms with E-state index in [9.17, 15) is 9.90 Å². The molecule has 18 heavy (non-hydrogen) atoms. The van der Waals surface area contributed by atoms with Gasteiger partial charge in [0.1, 0.15) is 12.2 Å². The Kier molecular flexibility index (Phi) is 4.35. The van der Waals surface area contributed by atoms with E-state index in [2.05, 4.69) is 20.8 Å². The van der Waals surface area contributed by atoms with Crippen LogP contribution in [0, 0.1) is 0 Å². The van der Waals surface area contributed by atoms with Crippen LogP contribution in [0.1, 0.15) is 44.9 Å². The molecule has 4 heteroatoms. The van der Waals surface area contributed by atoms with Crippen LogP contribution in [-0.4, -0.2) is 17.3 Å². The fourth-order valence-electron chi connectivity index (χ4n) is 1.70. The number of benzene rings is 1. The summed E-state index contributed by atoms with van der Waals surface area (Å²) in [5.41, 5.74) is 6.87. The number of carbonyl (C=O) groups is 1. The van der Waals surface area contributed by atoms with Gasteiger partial charge in [-0.2, -0.15) is 0 Å². The Hall–Kier alpha value is -1.55. The van der Waals surface area contributed by atoms with E-state index in [1.807, 2.05) is 24.3 Å². The summed E-state index contributed by atoms with van der Waals surface area (Å²) in [6.45, 7) is 7.97. The second-order valence-corrected chi connectivity index (χ2v) is 5.46. The molecule has 0 aliphatic rings. The molecule has 4 nitrogen and oxygen atoms in total. The molecule has 1 amide bonds. The van der Waals surface area contributed by atoms with E-state index < -0.39 is 18.3 Å². The summed E-state index contributed by atoms with van der Waals surface area (Å²) in [4.78, 5) is 10.6. The molecule has 0 saturated carbocycles. The number of ether oxygens (including phenoxy) is 1. The van der Waals surface area contributed by atoms with Crippen molar-refractivity contribution in [3.05, 3.63) is 35.4 Å². The average Bonchev–Trinajstić information content (AvgIpc) is 2.26. The maximum atomic E-state index is 10.6. The number of nitrogens with two attached hydrogens (primary N) is 1. The highest BCUT2D eigenvalue weighted by atomic mass is 16.6. The Morgan fingerprint density at radius 2 is 1.78 bits per heavy atom. The first-order chi connectivity index (χ1) is 8.21. The second kappa shape index (κ2) is 5.40. The summed E-state index contributed by atoms with van der Waals surface area (Å²) in [6, 6.07) is 7.61. The quantitative estimate of drug-likeness (QED) is 0.867. The van der Waals surface area contributed by atoms with Crippen LogP contribution in [-0.2, 0) is 10.2 Å². The zero-order valence-corrected chi connectivity index (χ0v) is 11.3. The number of hydrogen-bond donors (Lipinski definition) is 2. The Morgan fingerprint density at radius 1 is 1.28 bits per heavy atom. The van der Waals surface area contributed by atoms with E-state index in [1.165, 1.54) is 5.56 Å². The number of hydrogen-bond acceptors (Lipinski definition) is 3. The van der Waals surface area contributed by atoms with Gasteiger partial charge >= 0.3 is 6.09 Å². The largest absolute Gasteiger partial charge is 0.444 e. The van der Waals surface area contributed by atoms with Crippen LogP contribution in [0.2, 0.25) is 0 Å². The van der Waals surface area contributed by atoms with Crippen molar-refractivity contribution < 1.29 is 14.6 Å². The zero-order chi connectivity index (χ0) is 13.9. The summed E-state index contributed by atoms with van der Waals surface area (Å²) in [6.07, 6.45) is -2.41. The Bertz CT molecular complexity index is 406. The number of aliphatic hydroxyl groups is 1. The maximum absolute atomic E-state index is 10.6. The third kappa shape index (κ3) is 3.74. The standard InChI is InChI=1S/C14H21NO3/c1-9(18-13(15)17)12(16)10-5-7-11(8-6-10)14(2,3)4/h5-9,12,16H,1-4H3,(H2,15,17)/t9-,12+/m0/s1. The van der Waals surface area contributed by atoms with Gasteiger partial charge < -0.3 is 15.6 Å². The lowest BCUT2D eigenvalue weighted by molar-refractivity contribution is 0.0158. The molecule has 0 fully saturated rings. The topological polar surface area (TPSA) is 72.5 Å². The monoisotopic (exact) mass is 251 g/mol. The van der Waals surface area contributed by atoms with Gasteiger partial charge in [-0.1, -0.05) is 45.0 Å². The van der Waals surface area contributed by atoms with E-state index in [4.69, 9.17) is 10.5 Å². The molecular weight excluding hydrogens is 230 g/mol. The van der Waals surface area contributed by atoms with E-state index in [-0.39, 0.29) is 5.41 Å². The smallest absolute Gasteiger partial charge is 0.404 e. The number of aliphatic hydroxyl groups excluding tert-OH is 1. The lowest BCUT2D eigenvalue weighted by Gasteiger charge is -2.22. The van der Waals surface area contributed by atoms with Crippen LogP contribution >= 0.6 is 0 Å². The van der Waals surface area contributed by atoms with Gasteiger partial charge in [-0.25, -0.2) is 4.79 Å². The summed E-state index contributed by atoms with van der Waals surface area (Å²) >= 11 is 0. The Morgan fingerprint density at radius 3 is 2.17 bits per heavy atom. The summed E-state index contributed by atoms with van der Waals surface area (Å²) in [7, 11) is 0. The lowest BCUT2D eigenvalue weighted by atomic mass is 9.86. The van der Waals surface area contributed by atoms with Gasteiger partial charge in [0.25, 0.3) is 0 Å². The van der Waals surface area contributed by atoms with E-state index in [1.54, 1.807) is 6.92 Å². The molecule has 1 aromatic rings. The minimum Gasteiger partial charge on any atom is -0.444 e. The van der Waals surface area contributed by atoms with Crippen molar-refractivity contribution in [3.8, 4) is 0 Å². The van der Waals surface area contributed by atoms with Gasteiger partial charge in [0, 0.05) is 0 Å². The van der Waals surface area contributed by atoms with Crippen LogP contribution in [0.25, 0.3) is 0 Å². The molecule has 0 spiro atoms. The fourth-order valence-corrected chi connectivity index (χ4v) is 1.70. The highest BCUT2D eigenvalue weighted by Crippen LogP contribution is 2.25. The van der Waals surface area contributed by atoms with Crippen molar-refractivity contribution in [2.75, 3.05) is 0 Å². The third-order valence-corrected chi connectivity index (χ3v) is 2.86. The molecule has 3 N–H and O–H groups in total. The predicted molar refractivity (Wildman–Crippen MR) is 70.2 cm³/mol. The molecule has 0 aliphatic carbocycles. The molecule has 1 aromatic carbocycles. The third-order valence-electron chi connectivity index (χ3n) is 2.86. The zero-order valence-electron chi connectivity index (χ0n) is 11.3. The lowest BCUT2D eigenvalue weighted by Crippen LogP contribution is -2.25. The molecule has 0 aliphatic heterocycles.